The van der Waals surface area contributed by atoms with Gasteiger partial charge in [0.2, 0.25) is 0 Å². The summed E-state index contributed by atoms with van der Waals surface area (Å²) < 4.78 is 26.0. The topological polar surface area (TPSA) is 114 Å². The van der Waals surface area contributed by atoms with Crippen LogP contribution in [0.4, 0.5) is 0 Å². The molecule has 9 heteroatoms. The van der Waals surface area contributed by atoms with E-state index in [4.69, 9.17) is 23.7 Å². The van der Waals surface area contributed by atoms with Crippen molar-refractivity contribution >= 4 is 23.7 Å². The van der Waals surface area contributed by atoms with Gasteiger partial charge in [-0.2, -0.15) is 0 Å². The highest BCUT2D eigenvalue weighted by Gasteiger charge is 2.13. The first-order valence-corrected chi connectivity index (χ1v) is 15.2. The molecule has 0 bridgehead atoms. The van der Waals surface area contributed by atoms with Gasteiger partial charge in [-0.1, -0.05) is 26.0 Å². The fraction of sp³-hybridized carbons (Fsp3) is 0.263. The van der Waals surface area contributed by atoms with Gasteiger partial charge in [0.05, 0.1) is 25.3 Å². The minimum absolute atomic E-state index is 0.0705. The molecule has 0 aliphatic rings. The van der Waals surface area contributed by atoms with Crippen LogP contribution >= 0.6 is 0 Å². The fourth-order valence-electron chi connectivity index (χ4n) is 4.16. The highest BCUT2D eigenvalue weighted by Crippen LogP contribution is 2.21. The maximum Gasteiger partial charge on any atom is 0.343 e. The molecule has 0 aliphatic carbocycles. The lowest BCUT2D eigenvalue weighted by Gasteiger charge is -2.10. The summed E-state index contributed by atoms with van der Waals surface area (Å²) in [6.45, 7) is 5.53. The van der Waals surface area contributed by atoms with Crippen LogP contribution in [-0.2, 0) is 16.0 Å². The number of methoxy groups -OCH3 is 2. The van der Waals surface area contributed by atoms with Crippen LogP contribution in [0.15, 0.2) is 97.1 Å². The van der Waals surface area contributed by atoms with Crippen molar-refractivity contribution in [2.75, 3.05) is 14.2 Å². The van der Waals surface area contributed by atoms with Crippen LogP contribution in [0.5, 0.6) is 28.7 Å². The Kier molecular flexibility index (Phi) is 14.2. The number of benzene rings is 4. The number of hydrogen-bond donors (Lipinski definition) is 0. The van der Waals surface area contributed by atoms with Crippen LogP contribution in [0.1, 0.15) is 66.3 Å². The molecule has 0 saturated carbocycles. The van der Waals surface area contributed by atoms with E-state index in [9.17, 15) is 19.2 Å². The zero-order valence-corrected chi connectivity index (χ0v) is 27.3. The highest BCUT2D eigenvalue weighted by molar-refractivity contribution is 5.91. The van der Waals surface area contributed by atoms with Gasteiger partial charge in [-0.25, -0.2) is 9.59 Å². The Hall–Kier alpha value is -5.44. The summed E-state index contributed by atoms with van der Waals surface area (Å²) in [7, 11) is 3.14. The first-order chi connectivity index (χ1) is 22.6. The van der Waals surface area contributed by atoms with E-state index < -0.39 is 5.97 Å². The molecule has 47 heavy (non-hydrogen) atoms. The van der Waals surface area contributed by atoms with Crippen LogP contribution in [0, 0.1) is 5.92 Å². The van der Waals surface area contributed by atoms with E-state index in [0.29, 0.717) is 52.7 Å². The second-order valence-corrected chi connectivity index (χ2v) is 10.7. The lowest BCUT2D eigenvalue weighted by Crippen LogP contribution is -2.13. The van der Waals surface area contributed by atoms with Crippen molar-refractivity contribution in [2.24, 2.45) is 5.92 Å². The third-order valence-electron chi connectivity index (χ3n) is 6.96. The minimum Gasteiger partial charge on any atom is -0.497 e. The van der Waals surface area contributed by atoms with E-state index in [-0.39, 0.29) is 30.1 Å². The zero-order chi connectivity index (χ0) is 34.2. The summed E-state index contributed by atoms with van der Waals surface area (Å²) in [5, 5.41) is 0. The van der Waals surface area contributed by atoms with Crippen LogP contribution in [0.25, 0.3) is 0 Å². The smallest absolute Gasteiger partial charge is 0.343 e. The molecular weight excluding hydrogens is 600 g/mol. The maximum absolute atomic E-state index is 12.1. The van der Waals surface area contributed by atoms with E-state index in [2.05, 4.69) is 6.92 Å². The van der Waals surface area contributed by atoms with Crippen LogP contribution < -0.4 is 23.7 Å². The van der Waals surface area contributed by atoms with Gasteiger partial charge < -0.3 is 28.5 Å². The van der Waals surface area contributed by atoms with Gasteiger partial charge in [0.1, 0.15) is 34.5 Å². The van der Waals surface area contributed by atoms with Gasteiger partial charge in [0, 0.05) is 12.8 Å². The second-order valence-electron chi connectivity index (χ2n) is 10.7. The van der Waals surface area contributed by atoms with Crippen molar-refractivity contribution < 1.29 is 42.9 Å². The summed E-state index contributed by atoms with van der Waals surface area (Å²) in [5.74, 6) is 1.59. The Balaban J connectivity index is 0.000000274. The molecule has 0 aromatic heterocycles. The van der Waals surface area contributed by atoms with E-state index >= 15 is 0 Å². The minimum atomic E-state index is -0.494. The molecule has 0 heterocycles. The summed E-state index contributed by atoms with van der Waals surface area (Å²) in [4.78, 5) is 47.0. The van der Waals surface area contributed by atoms with Crippen molar-refractivity contribution in [1.82, 2.24) is 0 Å². The summed E-state index contributed by atoms with van der Waals surface area (Å²) in [5.41, 5.74) is 2.11. The number of hydrogen-bond acceptors (Lipinski definition) is 9. The molecule has 9 nitrogen and oxygen atoms in total. The van der Waals surface area contributed by atoms with Crippen molar-refractivity contribution in [3.05, 3.63) is 114 Å². The molecule has 0 spiro atoms. The zero-order valence-electron chi connectivity index (χ0n) is 27.3. The number of aryl methyl sites for hydroxylation is 1. The van der Waals surface area contributed by atoms with E-state index in [1.165, 1.54) is 12.5 Å². The Morgan fingerprint density at radius 2 is 0.957 bits per heavy atom. The predicted octanol–water partition coefficient (Wildman–Crippen LogP) is 7.69. The fourth-order valence-corrected chi connectivity index (χ4v) is 4.16. The molecule has 4 aromatic carbocycles. The van der Waals surface area contributed by atoms with Crippen molar-refractivity contribution in [2.45, 2.75) is 46.5 Å². The maximum atomic E-state index is 12.1. The van der Waals surface area contributed by atoms with Crippen molar-refractivity contribution in [3.8, 4) is 28.7 Å². The number of esters is 3. The monoisotopic (exact) mass is 640 g/mol. The summed E-state index contributed by atoms with van der Waals surface area (Å²) >= 11 is 0. The summed E-state index contributed by atoms with van der Waals surface area (Å²) in [6, 6.07) is 27.2. The quantitative estimate of drug-likeness (QED) is 0.107. The van der Waals surface area contributed by atoms with Crippen molar-refractivity contribution in [1.29, 1.82) is 0 Å². The Labute approximate surface area is 275 Å². The molecular formula is C38H40O9. The first-order valence-electron chi connectivity index (χ1n) is 15.2. The Bertz CT molecular complexity index is 1590. The van der Waals surface area contributed by atoms with Crippen LogP contribution in [0.3, 0.4) is 0 Å². The highest BCUT2D eigenvalue weighted by atomic mass is 16.5. The normalized spacial score (nSPS) is 10.8. The van der Waals surface area contributed by atoms with Gasteiger partial charge in [-0.15, -0.1) is 0 Å². The average molecular weight is 641 g/mol. The third kappa shape index (κ3) is 12.5. The average Bonchev–Trinajstić information content (AvgIpc) is 3.08. The van der Waals surface area contributed by atoms with E-state index in [1.807, 2.05) is 19.1 Å². The molecule has 0 saturated heterocycles. The van der Waals surface area contributed by atoms with Crippen molar-refractivity contribution in [3.63, 3.8) is 0 Å². The number of Topliss-reactive ketones (excluding diaryl/α,β-unsaturated/α-hetero) is 1. The molecule has 0 N–H and O–H groups in total. The molecule has 4 aromatic rings. The van der Waals surface area contributed by atoms with Gasteiger partial charge in [-0.05, 0) is 116 Å². The van der Waals surface area contributed by atoms with Crippen LogP contribution in [-0.4, -0.2) is 37.9 Å². The van der Waals surface area contributed by atoms with Gasteiger partial charge in [-0.3, -0.25) is 4.79 Å². The Morgan fingerprint density at radius 1 is 0.574 bits per heavy atom. The molecule has 1 atom stereocenters. The number of carbonyl (C=O) groups excluding carboxylic acids is 4. The van der Waals surface area contributed by atoms with E-state index in [1.54, 1.807) is 99.1 Å². The van der Waals surface area contributed by atoms with Gasteiger partial charge in [0.15, 0.2) is 0 Å². The van der Waals surface area contributed by atoms with Gasteiger partial charge >= 0.3 is 17.9 Å². The predicted molar refractivity (Wildman–Crippen MR) is 177 cm³/mol. The van der Waals surface area contributed by atoms with Crippen LogP contribution in [0.2, 0.25) is 0 Å². The third-order valence-corrected chi connectivity index (χ3v) is 6.96. The molecule has 246 valence electrons. The molecule has 4 rings (SSSR count). The molecule has 1 unspecified atom stereocenters. The molecule has 0 radical (unpaired) electrons. The molecule has 0 fully saturated rings. The summed E-state index contributed by atoms with van der Waals surface area (Å²) in [6.07, 6.45) is 2.32. The number of ketones is 1. The largest absolute Gasteiger partial charge is 0.497 e. The molecule has 0 amide bonds. The number of ether oxygens (including phenoxy) is 5. The Morgan fingerprint density at radius 3 is 1.34 bits per heavy atom. The standard InChI is InChI=1S/C22H24O6.C16H16O3/c1-15(4-5-16(2)23)14-21(24)27-19-10-12-20(13-11-19)28-22(25)17-6-8-18(26-3)9-7-17;1-3-12-4-8-15(9-5-12)19-16(17)13-6-10-14(18-2)11-7-13/h6-13,15H,4-5,14H2,1-3H3;4-11H,3H2,1-2H3. The number of rotatable bonds is 13. The second kappa shape index (κ2) is 18.5. The SMILES string of the molecule is CCc1ccc(OC(=O)c2ccc(OC)cc2)cc1.COc1ccc(C(=O)Oc2ccc(OC(=O)CC(C)CCC(C)=O)cc2)cc1. The first kappa shape index (κ1) is 36.0. The number of carbonyl (C=O) groups is 4. The van der Waals surface area contributed by atoms with Gasteiger partial charge in [0.25, 0.3) is 0 Å². The lowest BCUT2D eigenvalue weighted by molar-refractivity contribution is -0.135. The lowest BCUT2D eigenvalue weighted by atomic mass is 10.0. The molecule has 0 aliphatic heterocycles. The van der Waals surface area contributed by atoms with E-state index in [0.717, 1.165) is 6.42 Å².